The van der Waals surface area contributed by atoms with Crippen LogP contribution in [0.2, 0.25) is 0 Å². The van der Waals surface area contributed by atoms with Gasteiger partial charge in [-0.05, 0) is 80.8 Å². The van der Waals surface area contributed by atoms with Gasteiger partial charge in [-0.1, -0.05) is 43.7 Å². The number of fused-ring (bicyclic) bond motifs is 5. The highest BCUT2D eigenvalue weighted by Gasteiger charge is 2.62. The van der Waals surface area contributed by atoms with Crippen molar-refractivity contribution in [2.75, 3.05) is 0 Å². The summed E-state index contributed by atoms with van der Waals surface area (Å²) in [7, 11) is 0. The zero-order chi connectivity index (χ0) is 22.7. The highest BCUT2D eigenvalue weighted by atomic mass is 16.5. The van der Waals surface area contributed by atoms with Gasteiger partial charge in [-0.25, -0.2) is 4.79 Å². The molecule has 4 nitrogen and oxygen atoms in total. The van der Waals surface area contributed by atoms with E-state index in [0.29, 0.717) is 41.9 Å². The van der Waals surface area contributed by atoms with E-state index in [0.717, 1.165) is 32.1 Å². The Kier molecular flexibility index (Phi) is 5.35. The fraction of sp³-hybridized carbons (Fsp3) is 0.643. The molecule has 0 saturated heterocycles. The van der Waals surface area contributed by atoms with Crippen molar-refractivity contribution >= 4 is 11.8 Å². The van der Waals surface area contributed by atoms with Gasteiger partial charge in [0.25, 0.3) is 0 Å². The Morgan fingerprint density at radius 1 is 1.06 bits per heavy atom. The van der Waals surface area contributed by atoms with Gasteiger partial charge in [-0.3, -0.25) is 4.79 Å². The summed E-state index contributed by atoms with van der Waals surface area (Å²) in [5.74, 6) is 1.72. The molecule has 1 aromatic carbocycles. The summed E-state index contributed by atoms with van der Waals surface area (Å²) < 4.78 is 6.17. The number of ketones is 1. The van der Waals surface area contributed by atoms with Gasteiger partial charge < -0.3 is 9.84 Å². The summed E-state index contributed by atoms with van der Waals surface area (Å²) in [4.78, 5) is 25.4. The lowest BCUT2D eigenvalue weighted by Gasteiger charge is -2.59. The second kappa shape index (κ2) is 7.83. The van der Waals surface area contributed by atoms with E-state index in [1.807, 2.05) is 18.2 Å². The minimum atomic E-state index is -0.470. The van der Waals surface area contributed by atoms with Gasteiger partial charge in [0.05, 0.1) is 11.7 Å². The first-order valence-corrected chi connectivity index (χ1v) is 12.4. The molecule has 8 atom stereocenters. The number of ether oxygens (including phenoxy) is 1. The molecule has 1 aromatic rings. The quantitative estimate of drug-likeness (QED) is 0.512. The van der Waals surface area contributed by atoms with E-state index in [1.165, 1.54) is 5.57 Å². The smallest absolute Gasteiger partial charge is 0.338 e. The first kappa shape index (κ1) is 21.9. The molecule has 0 aliphatic heterocycles. The van der Waals surface area contributed by atoms with Crippen molar-refractivity contribution in [3.8, 4) is 0 Å². The van der Waals surface area contributed by atoms with Gasteiger partial charge in [-0.15, -0.1) is 0 Å². The van der Waals surface area contributed by atoms with Crippen LogP contribution in [-0.2, 0) is 9.53 Å². The van der Waals surface area contributed by atoms with Crippen LogP contribution in [0, 0.1) is 34.5 Å². The van der Waals surface area contributed by atoms with E-state index in [-0.39, 0.29) is 28.8 Å². The van der Waals surface area contributed by atoms with Crippen LogP contribution in [0.4, 0.5) is 0 Å². The number of esters is 1. The Morgan fingerprint density at radius 2 is 1.81 bits per heavy atom. The summed E-state index contributed by atoms with van der Waals surface area (Å²) in [6.45, 7) is 6.41. The van der Waals surface area contributed by atoms with Gasteiger partial charge in [0.15, 0.2) is 0 Å². The van der Waals surface area contributed by atoms with Crippen molar-refractivity contribution < 1.29 is 19.4 Å². The molecule has 1 N–H and O–H groups in total. The third-order valence-electron chi connectivity index (χ3n) is 9.90. The topological polar surface area (TPSA) is 63.6 Å². The van der Waals surface area contributed by atoms with Crippen molar-refractivity contribution in [2.45, 2.75) is 77.9 Å². The second-order valence-corrected chi connectivity index (χ2v) is 11.3. The predicted octanol–water partition coefficient (Wildman–Crippen LogP) is 5.35. The van der Waals surface area contributed by atoms with Gasteiger partial charge in [0.2, 0.25) is 0 Å². The summed E-state index contributed by atoms with van der Waals surface area (Å²) in [5.41, 5.74) is 1.68. The van der Waals surface area contributed by atoms with E-state index >= 15 is 0 Å². The average molecular weight is 437 g/mol. The Balaban J connectivity index is 1.47. The summed E-state index contributed by atoms with van der Waals surface area (Å²) in [6.07, 6.45) is 8.00. The molecule has 4 aliphatic carbocycles. The minimum Gasteiger partial charge on any atom is -0.458 e. The Hall–Kier alpha value is -1.94. The molecule has 0 aromatic heterocycles. The SMILES string of the molecule is CC(=O)[C@H]1CCC2C3CC=C4C[C@H](O)CC(OC(=O)c5ccccc5)[C@]4(C)C3CC[C@@]21C. The molecule has 4 unspecified atom stereocenters. The van der Waals surface area contributed by atoms with Gasteiger partial charge in [0, 0.05) is 17.8 Å². The Morgan fingerprint density at radius 3 is 2.53 bits per heavy atom. The summed E-state index contributed by atoms with van der Waals surface area (Å²) >= 11 is 0. The zero-order valence-corrected chi connectivity index (χ0v) is 19.5. The number of carbonyl (C=O) groups excluding carboxylic acids is 2. The third kappa shape index (κ3) is 3.21. The second-order valence-electron chi connectivity index (χ2n) is 11.3. The minimum absolute atomic E-state index is 0.0963. The lowest BCUT2D eigenvalue weighted by molar-refractivity contribution is -0.131. The van der Waals surface area contributed by atoms with Crippen LogP contribution in [-0.4, -0.2) is 29.1 Å². The van der Waals surface area contributed by atoms with Crippen molar-refractivity contribution in [2.24, 2.45) is 34.5 Å². The van der Waals surface area contributed by atoms with E-state index in [1.54, 1.807) is 19.1 Å². The molecule has 4 aliphatic rings. The number of hydrogen-bond donors (Lipinski definition) is 1. The summed E-state index contributed by atoms with van der Waals surface area (Å²) in [6, 6.07) is 9.17. The molecule has 3 saturated carbocycles. The Bertz CT molecular complexity index is 936. The van der Waals surface area contributed by atoms with Gasteiger partial charge in [0.1, 0.15) is 11.9 Å². The average Bonchev–Trinajstić information content (AvgIpc) is 3.13. The Labute approximate surface area is 191 Å². The number of aliphatic hydroxyl groups excluding tert-OH is 1. The standard InChI is InChI=1S/C28H36O4/c1-17(29)22-11-12-23-21-10-9-19-15-20(30)16-25(32-26(31)18-7-5-4-6-8-18)28(19,3)24(21)13-14-27(22,23)2/h4-9,20-25,30H,10-16H2,1-3H3/t20-,21?,22+,23?,24?,25?,27+,28-/m0/s1. The molecule has 0 spiro atoms. The van der Waals surface area contributed by atoms with Gasteiger partial charge >= 0.3 is 5.97 Å². The molecular formula is C28H36O4. The predicted molar refractivity (Wildman–Crippen MR) is 123 cm³/mol. The molecule has 0 bridgehead atoms. The molecule has 0 radical (unpaired) electrons. The zero-order valence-electron chi connectivity index (χ0n) is 19.5. The number of allylic oxidation sites excluding steroid dienone is 1. The molecule has 3 fully saturated rings. The highest BCUT2D eigenvalue weighted by Crippen LogP contribution is 2.66. The highest BCUT2D eigenvalue weighted by molar-refractivity contribution is 5.89. The molecule has 32 heavy (non-hydrogen) atoms. The van der Waals surface area contributed by atoms with Crippen LogP contribution in [0.3, 0.4) is 0 Å². The number of hydrogen-bond acceptors (Lipinski definition) is 4. The largest absolute Gasteiger partial charge is 0.458 e. The maximum atomic E-state index is 13.0. The van der Waals surface area contributed by atoms with Crippen LogP contribution >= 0.6 is 0 Å². The van der Waals surface area contributed by atoms with Crippen LogP contribution in [0.5, 0.6) is 0 Å². The van der Waals surface area contributed by atoms with E-state index < -0.39 is 6.10 Å². The molecular weight excluding hydrogens is 400 g/mol. The molecule has 0 amide bonds. The summed E-state index contributed by atoms with van der Waals surface area (Å²) in [5, 5.41) is 10.6. The number of Topliss-reactive ketones (excluding diaryl/α,β-unsaturated/α-hetero) is 1. The number of benzene rings is 1. The molecule has 5 rings (SSSR count). The fourth-order valence-electron chi connectivity index (χ4n) is 8.28. The van der Waals surface area contributed by atoms with Crippen molar-refractivity contribution in [1.82, 2.24) is 0 Å². The van der Waals surface area contributed by atoms with Crippen LogP contribution in [0.15, 0.2) is 42.0 Å². The number of rotatable bonds is 3. The van der Waals surface area contributed by atoms with Crippen LogP contribution in [0.1, 0.15) is 76.1 Å². The van der Waals surface area contributed by atoms with Crippen molar-refractivity contribution in [3.05, 3.63) is 47.5 Å². The number of aliphatic hydroxyl groups is 1. The van der Waals surface area contributed by atoms with Crippen molar-refractivity contribution in [3.63, 3.8) is 0 Å². The van der Waals surface area contributed by atoms with Gasteiger partial charge in [-0.2, -0.15) is 0 Å². The monoisotopic (exact) mass is 436 g/mol. The van der Waals surface area contributed by atoms with E-state index in [2.05, 4.69) is 19.9 Å². The molecule has 172 valence electrons. The van der Waals surface area contributed by atoms with Crippen LogP contribution in [0.25, 0.3) is 0 Å². The van der Waals surface area contributed by atoms with E-state index in [9.17, 15) is 14.7 Å². The first-order chi connectivity index (χ1) is 15.2. The third-order valence-corrected chi connectivity index (χ3v) is 9.90. The molecule has 4 heteroatoms. The maximum absolute atomic E-state index is 13.0. The first-order valence-electron chi connectivity index (χ1n) is 12.4. The van der Waals surface area contributed by atoms with Crippen molar-refractivity contribution in [1.29, 1.82) is 0 Å². The maximum Gasteiger partial charge on any atom is 0.338 e. The van der Waals surface area contributed by atoms with Crippen LogP contribution < -0.4 is 0 Å². The number of carbonyl (C=O) groups is 2. The van der Waals surface area contributed by atoms with E-state index in [4.69, 9.17) is 4.74 Å². The normalized spacial score (nSPS) is 42.8. The lowest BCUT2D eigenvalue weighted by atomic mass is 9.46. The molecule has 0 heterocycles. The fourth-order valence-corrected chi connectivity index (χ4v) is 8.28. The lowest BCUT2D eigenvalue weighted by Crippen LogP contribution is -2.56.